The average molecular weight is 447 g/mol. The molecule has 0 aliphatic rings. The summed E-state index contributed by atoms with van der Waals surface area (Å²) in [5.74, 6) is -1.18. The summed E-state index contributed by atoms with van der Waals surface area (Å²) in [6.07, 6.45) is 0.482. The Labute approximate surface area is 186 Å². The quantitative estimate of drug-likeness (QED) is 0.218. The predicted octanol–water partition coefficient (Wildman–Crippen LogP) is 4.97. The van der Waals surface area contributed by atoms with Crippen molar-refractivity contribution in [3.8, 4) is 22.8 Å². The number of hydrogen-bond acceptors (Lipinski definition) is 7. The molecule has 3 N–H and O–H groups in total. The molecule has 32 heavy (non-hydrogen) atoms. The number of nitrogens with zero attached hydrogens (tertiary/aromatic N) is 2. The van der Waals surface area contributed by atoms with Crippen LogP contribution < -0.4 is 5.32 Å². The van der Waals surface area contributed by atoms with Crippen molar-refractivity contribution < 1.29 is 19.9 Å². The Morgan fingerprint density at radius 2 is 1.72 bits per heavy atom. The molecule has 0 unspecified atom stereocenters. The predicted molar refractivity (Wildman–Crippen MR) is 121 cm³/mol. The number of carbonyl (C=O) groups excluding carboxylic acids is 1. The number of amides is 1. The Morgan fingerprint density at radius 1 is 1.00 bits per heavy atom. The van der Waals surface area contributed by atoms with Crippen molar-refractivity contribution in [3.05, 3.63) is 98.9 Å². The molecule has 9 heteroatoms. The van der Waals surface area contributed by atoms with Gasteiger partial charge in [-0.25, -0.2) is 4.98 Å². The Balaban J connectivity index is 1.64. The third-order valence-corrected chi connectivity index (χ3v) is 5.69. The first-order valence-electron chi connectivity index (χ1n) is 9.52. The second kappa shape index (κ2) is 8.86. The third kappa shape index (κ3) is 4.57. The highest BCUT2D eigenvalue weighted by Gasteiger charge is 2.17. The maximum atomic E-state index is 12.6. The maximum Gasteiger partial charge on any atom is 0.269 e. The van der Waals surface area contributed by atoms with Gasteiger partial charge in [-0.3, -0.25) is 20.2 Å². The lowest BCUT2D eigenvalue weighted by molar-refractivity contribution is -0.384. The summed E-state index contributed by atoms with van der Waals surface area (Å²) in [6, 6.07) is 19.6. The second-order valence-corrected chi connectivity index (χ2v) is 8.00. The summed E-state index contributed by atoms with van der Waals surface area (Å²) in [7, 11) is 0. The number of thiazole rings is 1. The molecule has 0 bridgehead atoms. The molecular weight excluding hydrogens is 430 g/mol. The van der Waals surface area contributed by atoms with Crippen molar-refractivity contribution in [2.75, 3.05) is 5.32 Å². The van der Waals surface area contributed by atoms with E-state index in [1.165, 1.54) is 41.7 Å². The second-order valence-electron chi connectivity index (χ2n) is 6.91. The fraction of sp³-hybridized carbons (Fsp3) is 0.0435. The van der Waals surface area contributed by atoms with Crippen LogP contribution in [0.2, 0.25) is 0 Å². The zero-order valence-corrected chi connectivity index (χ0v) is 17.4. The first-order chi connectivity index (χ1) is 15.4. The molecule has 160 valence electrons. The molecule has 0 fully saturated rings. The number of aromatic hydroxyl groups is 2. The van der Waals surface area contributed by atoms with E-state index in [4.69, 9.17) is 0 Å². The number of phenolic OH excluding ortho intramolecular Hbond substituents is 2. The van der Waals surface area contributed by atoms with Crippen LogP contribution >= 0.6 is 11.3 Å². The first kappa shape index (κ1) is 21.0. The fourth-order valence-electron chi connectivity index (χ4n) is 3.10. The molecule has 4 aromatic rings. The van der Waals surface area contributed by atoms with Gasteiger partial charge in [-0.1, -0.05) is 42.5 Å². The number of non-ortho nitro benzene ring substituents is 1. The van der Waals surface area contributed by atoms with Gasteiger partial charge in [-0.15, -0.1) is 11.3 Å². The van der Waals surface area contributed by atoms with E-state index in [1.807, 2.05) is 30.3 Å². The van der Waals surface area contributed by atoms with Crippen LogP contribution in [0.15, 0.2) is 72.8 Å². The van der Waals surface area contributed by atoms with E-state index >= 15 is 0 Å². The Kier molecular flexibility index (Phi) is 5.82. The third-order valence-electron chi connectivity index (χ3n) is 4.71. The number of rotatable bonds is 6. The molecule has 0 aliphatic carbocycles. The molecule has 1 heterocycles. The van der Waals surface area contributed by atoms with Gasteiger partial charge in [0.15, 0.2) is 16.6 Å². The standard InChI is InChI=1S/C23H17N3O5S/c27-18-11-8-16(13-19(18)28)22(29)25-23-24-21(15-4-2-1-3-5-15)20(32-23)12-14-6-9-17(10-7-14)26(30)31/h1-11,13,27-28H,12H2,(H,24,25,29). The van der Waals surface area contributed by atoms with Crippen LogP contribution in [0.3, 0.4) is 0 Å². The van der Waals surface area contributed by atoms with Crippen LogP contribution in [0.1, 0.15) is 20.8 Å². The van der Waals surface area contributed by atoms with Crippen molar-refractivity contribution in [2.45, 2.75) is 6.42 Å². The minimum atomic E-state index is -0.476. The average Bonchev–Trinajstić information content (AvgIpc) is 3.18. The number of benzene rings is 3. The molecule has 0 spiro atoms. The van der Waals surface area contributed by atoms with E-state index in [2.05, 4.69) is 10.3 Å². The van der Waals surface area contributed by atoms with Crippen LogP contribution in [0.4, 0.5) is 10.8 Å². The fourth-order valence-corrected chi connectivity index (χ4v) is 4.11. The van der Waals surface area contributed by atoms with Crippen LogP contribution in [0.5, 0.6) is 11.5 Å². The Hall–Kier alpha value is -4.24. The van der Waals surface area contributed by atoms with E-state index in [1.54, 1.807) is 12.1 Å². The molecule has 4 rings (SSSR count). The largest absolute Gasteiger partial charge is 0.504 e. The van der Waals surface area contributed by atoms with Crippen LogP contribution in [-0.4, -0.2) is 26.0 Å². The van der Waals surface area contributed by atoms with Gasteiger partial charge >= 0.3 is 0 Å². The molecule has 1 aromatic heterocycles. The van der Waals surface area contributed by atoms with Crippen molar-refractivity contribution in [3.63, 3.8) is 0 Å². The molecule has 8 nitrogen and oxygen atoms in total. The summed E-state index contributed by atoms with van der Waals surface area (Å²) < 4.78 is 0. The zero-order valence-electron chi connectivity index (χ0n) is 16.6. The molecule has 0 saturated carbocycles. The van der Waals surface area contributed by atoms with Crippen LogP contribution in [0, 0.1) is 10.1 Å². The van der Waals surface area contributed by atoms with E-state index in [9.17, 15) is 25.1 Å². The van der Waals surface area contributed by atoms with E-state index in [-0.39, 0.29) is 22.7 Å². The molecular formula is C23H17N3O5S. The van der Waals surface area contributed by atoms with Crippen LogP contribution in [-0.2, 0) is 6.42 Å². The normalized spacial score (nSPS) is 10.6. The summed E-state index contributed by atoms with van der Waals surface area (Å²) >= 11 is 1.30. The van der Waals surface area contributed by atoms with Crippen molar-refractivity contribution in [1.82, 2.24) is 4.98 Å². The highest BCUT2D eigenvalue weighted by Crippen LogP contribution is 2.34. The molecule has 0 atom stereocenters. The van der Waals surface area contributed by atoms with E-state index in [0.29, 0.717) is 17.2 Å². The van der Waals surface area contributed by atoms with Crippen molar-refractivity contribution in [1.29, 1.82) is 0 Å². The molecule has 0 aliphatic heterocycles. The summed E-state index contributed by atoms with van der Waals surface area (Å²) in [5.41, 5.74) is 2.65. The Morgan fingerprint density at radius 3 is 2.38 bits per heavy atom. The summed E-state index contributed by atoms with van der Waals surface area (Å²) in [4.78, 5) is 28.5. The van der Waals surface area contributed by atoms with Crippen molar-refractivity contribution >= 4 is 28.1 Å². The zero-order chi connectivity index (χ0) is 22.7. The van der Waals surface area contributed by atoms with Crippen LogP contribution in [0.25, 0.3) is 11.3 Å². The van der Waals surface area contributed by atoms with E-state index in [0.717, 1.165) is 16.0 Å². The summed E-state index contributed by atoms with van der Waals surface area (Å²) in [5, 5.41) is 33.1. The van der Waals surface area contributed by atoms with Gasteiger partial charge in [-0.2, -0.15) is 0 Å². The molecule has 1 amide bonds. The molecule has 0 radical (unpaired) electrons. The summed E-state index contributed by atoms with van der Waals surface area (Å²) in [6.45, 7) is 0. The number of hydrogen-bond donors (Lipinski definition) is 3. The number of anilines is 1. The van der Waals surface area contributed by atoms with Gasteiger partial charge < -0.3 is 10.2 Å². The molecule has 3 aromatic carbocycles. The van der Waals surface area contributed by atoms with E-state index < -0.39 is 10.8 Å². The minimum absolute atomic E-state index is 0.0199. The minimum Gasteiger partial charge on any atom is -0.504 e. The lowest BCUT2D eigenvalue weighted by atomic mass is 10.1. The SMILES string of the molecule is O=C(Nc1nc(-c2ccccc2)c(Cc2ccc([N+](=O)[O-])cc2)s1)c1ccc(O)c(O)c1. The number of carbonyl (C=O) groups is 1. The maximum absolute atomic E-state index is 12.6. The monoisotopic (exact) mass is 447 g/mol. The number of nitro groups is 1. The lowest BCUT2D eigenvalue weighted by Gasteiger charge is -2.03. The highest BCUT2D eigenvalue weighted by atomic mass is 32.1. The number of nitrogens with one attached hydrogen (secondary N) is 1. The van der Waals surface area contributed by atoms with Gasteiger partial charge in [0.05, 0.1) is 10.6 Å². The lowest BCUT2D eigenvalue weighted by Crippen LogP contribution is -2.11. The highest BCUT2D eigenvalue weighted by molar-refractivity contribution is 7.16. The number of nitro benzene ring substituents is 1. The van der Waals surface area contributed by atoms with Crippen molar-refractivity contribution in [2.24, 2.45) is 0 Å². The Bertz CT molecular complexity index is 1290. The van der Waals surface area contributed by atoms with Gasteiger partial charge in [0.1, 0.15) is 0 Å². The van der Waals surface area contributed by atoms with Gasteiger partial charge in [0.2, 0.25) is 0 Å². The van der Waals surface area contributed by atoms with Gasteiger partial charge in [0.25, 0.3) is 11.6 Å². The first-order valence-corrected chi connectivity index (χ1v) is 10.3. The smallest absolute Gasteiger partial charge is 0.269 e. The van der Waals surface area contributed by atoms with Gasteiger partial charge in [-0.05, 0) is 23.8 Å². The molecule has 0 saturated heterocycles. The topological polar surface area (TPSA) is 126 Å². The number of phenols is 2. The van der Waals surface area contributed by atoms with Gasteiger partial charge in [0, 0.05) is 34.6 Å². The number of aromatic nitrogens is 1.